The molecule has 1 atom stereocenters. The number of nitrogens with zero attached hydrogens (tertiary/aromatic N) is 1. The van der Waals surface area contributed by atoms with E-state index in [-0.39, 0.29) is 6.10 Å². The first kappa shape index (κ1) is 11.3. The lowest BCUT2D eigenvalue weighted by molar-refractivity contribution is 0.0900. The van der Waals surface area contributed by atoms with Gasteiger partial charge in [-0.2, -0.15) is 0 Å². The number of rotatable bonds is 3. The predicted octanol–water partition coefficient (Wildman–Crippen LogP) is 2.93. The van der Waals surface area contributed by atoms with Crippen molar-refractivity contribution in [3.05, 3.63) is 28.0 Å². The molecule has 0 amide bonds. The van der Waals surface area contributed by atoms with E-state index in [0.29, 0.717) is 16.8 Å². The second kappa shape index (κ2) is 5.21. The van der Waals surface area contributed by atoms with Crippen LogP contribution in [0.2, 0.25) is 10.2 Å². The molecule has 0 fully saturated rings. The van der Waals surface area contributed by atoms with Crippen molar-refractivity contribution in [2.24, 2.45) is 0 Å². The summed E-state index contributed by atoms with van der Waals surface area (Å²) in [6, 6.07) is 1.57. The van der Waals surface area contributed by atoms with Crippen LogP contribution in [0.15, 0.2) is 12.3 Å². The fourth-order valence-corrected chi connectivity index (χ4v) is 1.23. The largest absolute Gasteiger partial charge is 0.361 e. The minimum Gasteiger partial charge on any atom is -0.361 e. The summed E-state index contributed by atoms with van der Waals surface area (Å²) >= 11 is 11.5. The lowest BCUT2D eigenvalue weighted by atomic mass is 10.3. The second-order valence-electron chi connectivity index (χ2n) is 2.72. The van der Waals surface area contributed by atoms with Crippen molar-refractivity contribution in [3.8, 4) is 12.3 Å². The standard InChI is InChI=1S/C10H9Cl2NO/c1-3-7(2)14-6-8-5-13-10(12)4-9(8)11/h1,4-5,7H,6H2,2H3. The van der Waals surface area contributed by atoms with Gasteiger partial charge in [0.2, 0.25) is 0 Å². The molecule has 4 heteroatoms. The van der Waals surface area contributed by atoms with E-state index >= 15 is 0 Å². The average molecular weight is 230 g/mol. The van der Waals surface area contributed by atoms with Crippen LogP contribution in [-0.2, 0) is 11.3 Å². The third kappa shape index (κ3) is 3.19. The fraction of sp³-hybridized carbons (Fsp3) is 0.300. The van der Waals surface area contributed by atoms with Crippen LogP contribution in [0.5, 0.6) is 0 Å². The van der Waals surface area contributed by atoms with Gasteiger partial charge >= 0.3 is 0 Å². The van der Waals surface area contributed by atoms with Crippen molar-refractivity contribution in [1.29, 1.82) is 0 Å². The van der Waals surface area contributed by atoms with Gasteiger partial charge in [0.1, 0.15) is 11.3 Å². The minimum atomic E-state index is -0.234. The molecule has 1 rings (SSSR count). The van der Waals surface area contributed by atoms with E-state index in [1.54, 1.807) is 19.2 Å². The van der Waals surface area contributed by atoms with E-state index in [1.807, 2.05) is 0 Å². The second-order valence-corrected chi connectivity index (χ2v) is 3.51. The molecule has 1 aromatic rings. The Kier molecular flexibility index (Phi) is 4.21. The molecule has 0 aromatic carbocycles. The van der Waals surface area contributed by atoms with Crippen molar-refractivity contribution >= 4 is 23.2 Å². The maximum absolute atomic E-state index is 5.90. The van der Waals surface area contributed by atoms with Gasteiger partial charge < -0.3 is 4.74 Å². The van der Waals surface area contributed by atoms with Crippen LogP contribution in [0.3, 0.4) is 0 Å². The minimum absolute atomic E-state index is 0.234. The highest BCUT2D eigenvalue weighted by Crippen LogP contribution is 2.19. The van der Waals surface area contributed by atoms with E-state index < -0.39 is 0 Å². The summed E-state index contributed by atoms with van der Waals surface area (Å²) in [4.78, 5) is 3.89. The summed E-state index contributed by atoms with van der Waals surface area (Å²) in [6.07, 6.45) is 6.50. The maximum Gasteiger partial charge on any atom is 0.130 e. The molecule has 0 aliphatic rings. The van der Waals surface area contributed by atoms with Crippen molar-refractivity contribution in [3.63, 3.8) is 0 Å². The third-order valence-electron chi connectivity index (χ3n) is 1.62. The summed E-state index contributed by atoms with van der Waals surface area (Å²) in [5.41, 5.74) is 0.776. The van der Waals surface area contributed by atoms with Gasteiger partial charge in [-0.05, 0) is 13.0 Å². The molecule has 0 radical (unpaired) electrons. The number of terminal acetylenes is 1. The first-order valence-electron chi connectivity index (χ1n) is 4.01. The molecule has 0 N–H and O–H groups in total. The van der Waals surface area contributed by atoms with E-state index in [4.69, 9.17) is 34.4 Å². The summed E-state index contributed by atoms with van der Waals surface area (Å²) in [5, 5.41) is 0.901. The number of hydrogen-bond acceptors (Lipinski definition) is 2. The molecule has 2 nitrogen and oxygen atoms in total. The van der Waals surface area contributed by atoms with Gasteiger partial charge in [0.05, 0.1) is 11.6 Å². The monoisotopic (exact) mass is 229 g/mol. The van der Waals surface area contributed by atoms with Crippen molar-refractivity contribution in [2.45, 2.75) is 19.6 Å². The first-order chi connectivity index (χ1) is 6.63. The molecule has 1 aromatic heterocycles. The van der Waals surface area contributed by atoms with Gasteiger partial charge in [-0.25, -0.2) is 4.98 Å². The van der Waals surface area contributed by atoms with Crippen LogP contribution in [0.25, 0.3) is 0 Å². The van der Waals surface area contributed by atoms with Crippen LogP contribution in [0.1, 0.15) is 12.5 Å². The predicted molar refractivity (Wildman–Crippen MR) is 57.3 cm³/mol. The quantitative estimate of drug-likeness (QED) is 0.588. The SMILES string of the molecule is C#CC(C)OCc1cnc(Cl)cc1Cl. The Hall–Kier alpha value is -0.750. The smallest absolute Gasteiger partial charge is 0.130 e. The summed E-state index contributed by atoms with van der Waals surface area (Å²) in [5.74, 6) is 2.45. The molecule has 74 valence electrons. The van der Waals surface area contributed by atoms with Crippen molar-refractivity contribution in [1.82, 2.24) is 4.98 Å². The van der Waals surface area contributed by atoms with E-state index in [0.717, 1.165) is 5.56 Å². The highest BCUT2D eigenvalue weighted by molar-refractivity contribution is 6.34. The number of aromatic nitrogens is 1. The van der Waals surface area contributed by atoms with Gasteiger partial charge in [-0.1, -0.05) is 29.1 Å². The van der Waals surface area contributed by atoms with Gasteiger partial charge in [-0.3, -0.25) is 0 Å². The zero-order valence-electron chi connectivity index (χ0n) is 7.63. The molecular formula is C10H9Cl2NO. The molecule has 1 unspecified atom stereocenters. The molecule has 0 spiro atoms. The Morgan fingerprint density at radius 1 is 1.64 bits per heavy atom. The zero-order valence-corrected chi connectivity index (χ0v) is 9.14. The molecule has 0 saturated heterocycles. The first-order valence-corrected chi connectivity index (χ1v) is 4.76. The van der Waals surface area contributed by atoms with Crippen molar-refractivity contribution in [2.75, 3.05) is 0 Å². The number of hydrogen-bond donors (Lipinski definition) is 0. The van der Waals surface area contributed by atoms with Gasteiger partial charge in [0.25, 0.3) is 0 Å². The molecule has 0 aliphatic heterocycles. The normalized spacial score (nSPS) is 12.1. The van der Waals surface area contributed by atoms with Crippen LogP contribution in [0, 0.1) is 12.3 Å². The lowest BCUT2D eigenvalue weighted by Gasteiger charge is -2.07. The fourth-order valence-electron chi connectivity index (χ4n) is 0.805. The van der Waals surface area contributed by atoms with Gasteiger partial charge in [0.15, 0.2) is 0 Å². The topological polar surface area (TPSA) is 22.1 Å². The van der Waals surface area contributed by atoms with Crippen LogP contribution < -0.4 is 0 Å². The molecule has 0 aliphatic carbocycles. The Morgan fingerprint density at radius 2 is 2.36 bits per heavy atom. The lowest BCUT2D eigenvalue weighted by Crippen LogP contribution is -2.05. The van der Waals surface area contributed by atoms with Crippen LogP contribution in [-0.4, -0.2) is 11.1 Å². The molecule has 0 saturated carbocycles. The molecular weight excluding hydrogens is 221 g/mol. The average Bonchev–Trinajstić information content (AvgIpc) is 2.16. The van der Waals surface area contributed by atoms with Crippen LogP contribution in [0.4, 0.5) is 0 Å². The third-order valence-corrected chi connectivity index (χ3v) is 2.18. The Balaban J connectivity index is 2.64. The summed E-state index contributed by atoms with van der Waals surface area (Å²) in [6.45, 7) is 2.13. The number of halogens is 2. The van der Waals surface area contributed by atoms with Crippen LogP contribution >= 0.6 is 23.2 Å². The van der Waals surface area contributed by atoms with E-state index in [9.17, 15) is 0 Å². The van der Waals surface area contributed by atoms with Gasteiger partial charge in [0, 0.05) is 11.8 Å². The van der Waals surface area contributed by atoms with Gasteiger partial charge in [-0.15, -0.1) is 6.42 Å². The van der Waals surface area contributed by atoms with Crippen molar-refractivity contribution < 1.29 is 4.74 Å². The molecule has 1 heterocycles. The molecule has 14 heavy (non-hydrogen) atoms. The highest BCUT2D eigenvalue weighted by Gasteiger charge is 2.04. The Bertz CT molecular complexity index is 360. The highest BCUT2D eigenvalue weighted by atomic mass is 35.5. The zero-order chi connectivity index (χ0) is 10.6. The summed E-state index contributed by atoms with van der Waals surface area (Å²) < 4.78 is 5.29. The maximum atomic E-state index is 5.90. The van der Waals surface area contributed by atoms with E-state index in [2.05, 4.69) is 10.9 Å². The Morgan fingerprint density at radius 3 is 2.93 bits per heavy atom. The summed E-state index contributed by atoms with van der Waals surface area (Å²) in [7, 11) is 0. The van der Waals surface area contributed by atoms with E-state index in [1.165, 1.54) is 0 Å². The number of pyridine rings is 1. The number of ether oxygens (including phenoxy) is 1. The Labute approximate surface area is 93.2 Å². The molecule has 0 bridgehead atoms.